The van der Waals surface area contributed by atoms with Gasteiger partial charge in [0.15, 0.2) is 0 Å². The Balaban J connectivity index is 2.34. The van der Waals surface area contributed by atoms with Gasteiger partial charge >= 0.3 is 0 Å². The molecule has 1 aromatic carbocycles. The summed E-state index contributed by atoms with van der Waals surface area (Å²) in [5.41, 5.74) is 7.03. The summed E-state index contributed by atoms with van der Waals surface area (Å²) in [4.78, 5) is 0. The number of ether oxygens (including phenoxy) is 1. The molecule has 0 aliphatic carbocycles. The predicted octanol–water partition coefficient (Wildman–Crippen LogP) is 2.41. The molecule has 102 valence electrons. The van der Waals surface area contributed by atoms with Crippen molar-refractivity contribution >= 4 is 0 Å². The Morgan fingerprint density at radius 2 is 1.89 bits per heavy atom. The van der Waals surface area contributed by atoms with Crippen LogP contribution < -0.4 is 15.8 Å². The quantitative estimate of drug-likeness (QED) is 0.745. The first-order valence-electron chi connectivity index (χ1n) is 6.79. The maximum atomic E-state index is 5.75. The maximum absolute atomic E-state index is 5.75. The molecule has 0 aliphatic rings. The number of hydrogen-bond acceptors (Lipinski definition) is 3. The topological polar surface area (TPSA) is 47.3 Å². The third-order valence-electron chi connectivity index (χ3n) is 3.22. The van der Waals surface area contributed by atoms with Crippen LogP contribution in [0.25, 0.3) is 0 Å². The lowest BCUT2D eigenvalue weighted by Crippen LogP contribution is -2.31. The first kappa shape index (κ1) is 15.0. The lowest BCUT2D eigenvalue weighted by atomic mass is 9.96. The van der Waals surface area contributed by atoms with Crippen molar-refractivity contribution in [3.8, 4) is 5.75 Å². The fourth-order valence-corrected chi connectivity index (χ4v) is 1.86. The minimum absolute atomic E-state index is 0.549. The Bertz CT molecular complexity index is 322. The summed E-state index contributed by atoms with van der Waals surface area (Å²) < 4.78 is 5.42. The van der Waals surface area contributed by atoms with E-state index >= 15 is 0 Å². The monoisotopic (exact) mass is 250 g/mol. The Kier molecular flexibility index (Phi) is 6.76. The fourth-order valence-electron chi connectivity index (χ4n) is 1.86. The van der Waals surface area contributed by atoms with Crippen LogP contribution in [0.2, 0.25) is 0 Å². The smallest absolute Gasteiger partial charge is 0.119 e. The molecule has 0 heterocycles. The molecule has 1 rings (SSSR count). The molecule has 1 unspecified atom stereocenters. The van der Waals surface area contributed by atoms with E-state index in [1.165, 1.54) is 5.56 Å². The molecule has 0 fully saturated rings. The van der Waals surface area contributed by atoms with Crippen molar-refractivity contribution in [3.05, 3.63) is 29.8 Å². The van der Waals surface area contributed by atoms with E-state index < -0.39 is 0 Å². The first-order valence-corrected chi connectivity index (χ1v) is 6.79. The molecule has 0 spiro atoms. The number of rotatable bonds is 8. The van der Waals surface area contributed by atoms with Crippen molar-refractivity contribution in [1.82, 2.24) is 5.32 Å². The van der Waals surface area contributed by atoms with Crippen molar-refractivity contribution in [3.63, 3.8) is 0 Å². The summed E-state index contributed by atoms with van der Waals surface area (Å²) in [5.74, 6) is 2.11. The van der Waals surface area contributed by atoms with Gasteiger partial charge in [0.2, 0.25) is 0 Å². The summed E-state index contributed by atoms with van der Waals surface area (Å²) in [6.07, 6.45) is 0. The average Bonchev–Trinajstić information content (AvgIpc) is 2.36. The number of benzene rings is 1. The largest absolute Gasteiger partial charge is 0.494 e. The second-order valence-electron chi connectivity index (χ2n) is 4.95. The molecular weight excluding hydrogens is 224 g/mol. The first-order chi connectivity index (χ1) is 8.67. The van der Waals surface area contributed by atoms with Gasteiger partial charge in [0.05, 0.1) is 6.61 Å². The van der Waals surface area contributed by atoms with Crippen molar-refractivity contribution in [2.45, 2.75) is 27.3 Å². The summed E-state index contributed by atoms with van der Waals surface area (Å²) in [7, 11) is 0. The molecule has 0 amide bonds. The van der Waals surface area contributed by atoms with Gasteiger partial charge in [-0.3, -0.25) is 0 Å². The molecular formula is C15H26N2O. The predicted molar refractivity (Wildman–Crippen MR) is 76.7 cm³/mol. The van der Waals surface area contributed by atoms with Gasteiger partial charge in [-0.15, -0.1) is 0 Å². The van der Waals surface area contributed by atoms with Crippen LogP contribution in [0.5, 0.6) is 5.75 Å². The van der Waals surface area contributed by atoms with E-state index in [2.05, 4.69) is 31.3 Å². The van der Waals surface area contributed by atoms with E-state index in [1.807, 2.05) is 19.1 Å². The van der Waals surface area contributed by atoms with Crippen LogP contribution in [0.1, 0.15) is 26.3 Å². The van der Waals surface area contributed by atoms with Crippen molar-refractivity contribution in [2.24, 2.45) is 17.6 Å². The Morgan fingerprint density at radius 1 is 1.22 bits per heavy atom. The molecule has 18 heavy (non-hydrogen) atoms. The molecule has 0 bridgehead atoms. The van der Waals surface area contributed by atoms with E-state index in [0.29, 0.717) is 18.4 Å². The Hall–Kier alpha value is -1.06. The van der Waals surface area contributed by atoms with Crippen LogP contribution in [0.15, 0.2) is 24.3 Å². The molecule has 3 nitrogen and oxygen atoms in total. The zero-order valence-corrected chi connectivity index (χ0v) is 11.8. The van der Waals surface area contributed by atoms with Crippen LogP contribution in [-0.2, 0) is 6.54 Å². The fraction of sp³-hybridized carbons (Fsp3) is 0.600. The molecule has 1 aromatic rings. The van der Waals surface area contributed by atoms with Crippen LogP contribution >= 0.6 is 0 Å². The van der Waals surface area contributed by atoms with Gasteiger partial charge < -0.3 is 15.8 Å². The number of hydrogen-bond donors (Lipinski definition) is 2. The van der Waals surface area contributed by atoms with Crippen LogP contribution in [-0.4, -0.2) is 19.7 Å². The van der Waals surface area contributed by atoms with E-state index in [-0.39, 0.29) is 0 Å². The van der Waals surface area contributed by atoms with Gasteiger partial charge in [0.25, 0.3) is 0 Å². The zero-order valence-electron chi connectivity index (χ0n) is 11.8. The molecule has 0 aliphatic heterocycles. The molecule has 0 saturated heterocycles. The van der Waals surface area contributed by atoms with E-state index in [4.69, 9.17) is 10.5 Å². The number of nitrogens with two attached hydrogens (primary N) is 1. The van der Waals surface area contributed by atoms with Gasteiger partial charge in [0.1, 0.15) is 5.75 Å². The minimum atomic E-state index is 0.549. The third-order valence-corrected chi connectivity index (χ3v) is 3.22. The van der Waals surface area contributed by atoms with Gasteiger partial charge in [0, 0.05) is 6.54 Å². The summed E-state index contributed by atoms with van der Waals surface area (Å²) in [6, 6.07) is 8.24. The summed E-state index contributed by atoms with van der Waals surface area (Å²) >= 11 is 0. The van der Waals surface area contributed by atoms with Gasteiger partial charge in [-0.1, -0.05) is 26.0 Å². The van der Waals surface area contributed by atoms with Crippen molar-refractivity contribution in [1.29, 1.82) is 0 Å². The zero-order chi connectivity index (χ0) is 13.4. The highest BCUT2D eigenvalue weighted by atomic mass is 16.5. The number of nitrogens with one attached hydrogen (secondary N) is 1. The lowest BCUT2D eigenvalue weighted by Gasteiger charge is -2.19. The van der Waals surface area contributed by atoms with Crippen LogP contribution in [0.4, 0.5) is 0 Å². The SMILES string of the molecule is CCOc1ccc(CNCC(CN)C(C)C)cc1. The second kappa shape index (κ2) is 8.11. The van der Waals surface area contributed by atoms with Crippen LogP contribution in [0, 0.1) is 11.8 Å². The third kappa shape index (κ3) is 5.07. The molecule has 0 radical (unpaired) electrons. The van der Waals surface area contributed by atoms with Gasteiger partial charge in [-0.2, -0.15) is 0 Å². The second-order valence-corrected chi connectivity index (χ2v) is 4.95. The molecule has 3 N–H and O–H groups in total. The molecule has 1 atom stereocenters. The minimum Gasteiger partial charge on any atom is -0.494 e. The van der Waals surface area contributed by atoms with Gasteiger partial charge in [-0.25, -0.2) is 0 Å². The van der Waals surface area contributed by atoms with Crippen molar-refractivity contribution < 1.29 is 4.74 Å². The summed E-state index contributed by atoms with van der Waals surface area (Å²) in [6.45, 7) is 9.75. The summed E-state index contributed by atoms with van der Waals surface area (Å²) in [5, 5.41) is 3.46. The lowest BCUT2D eigenvalue weighted by molar-refractivity contribution is 0.340. The Labute approximate surface area is 111 Å². The standard InChI is InChI=1S/C15H26N2O/c1-4-18-15-7-5-13(6-8-15)10-17-11-14(9-16)12(2)3/h5-8,12,14,17H,4,9-11,16H2,1-3H3. The van der Waals surface area contributed by atoms with Crippen LogP contribution in [0.3, 0.4) is 0 Å². The average molecular weight is 250 g/mol. The highest BCUT2D eigenvalue weighted by Gasteiger charge is 2.10. The van der Waals surface area contributed by atoms with Gasteiger partial charge in [-0.05, 0) is 49.5 Å². The highest BCUT2D eigenvalue weighted by molar-refractivity contribution is 5.27. The van der Waals surface area contributed by atoms with E-state index in [0.717, 1.165) is 25.4 Å². The maximum Gasteiger partial charge on any atom is 0.119 e. The van der Waals surface area contributed by atoms with E-state index in [1.54, 1.807) is 0 Å². The highest BCUT2D eigenvalue weighted by Crippen LogP contribution is 2.12. The Morgan fingerprint density at radius 3 is 2.39 bits per heavy atom. The molecule has 0 aromatic heterocycles. The molecule has 3 heteroatoms. The van der Waals surface area contributed by atoms with Crippen molar-refractivity contribution in [2.75, 3.05) is 19.7 Å². The van der Waals surface area contributed by atoms with E-state index in [9.17, 15) is 0 Å². The normalized spacial score (nSPS) is 12.7. The molecule has 0 saturated carbocycles.